The number of nitriles is 1. The molecule has 8 heteroatoms. The molecule has 1 aliphatic heterocycles. The molecular formula is C20H23N5O3. The number of carbonyl (C=O) groups is 1. The molecular weight excluding hydrogens is 358 g/mol. The predicted octanol–water partition coefficient (Wildman–Crippen LogP) is 2.01. The van der Waals surface area contributed by atoms with Crippen molar-refractivity contribution in [3.63, 3.8) is 0 Å². The van der Waals surface area contributed by atoms with Crippen LogP contribution in [0.2, 0.25) is 0 Å². The summed E-state index contributed by atoms with van der Waals surface area (Å²) < 4.78 is 10.6. The first kappa shape index (κ1) is 19.4. The molecule has 0 atom stereocenters. The van der Waals surface area contributed by atoms with Crippen LogP contribution >= 0.6 is 0 Å². The third-order valence-corrected chi connectivity index (χ3v) is 4.91. The quantitative estimate of drug-likeness (QED) is 0.817. The van der Waals surface area contributed by atoms with Gasteiger partial charge in [-0.3, -0.25) is 4.79 Å². The van der Waals surface area contributed by atoms with Crippen molar-refractivity contribution in [3.05, 3.63) is 41.9 Å². The number of carbonyl (C=O) groups excluding carboxylic acids is 1. The number of benzene rings is 1. The summed E-state index contributed by atoms with van der Waals surface area (Å²) in [5.41, 5.74) is 0.751. The summed E-state index contributed by atoms with van der Waals surface area (Å²) in [4.78, 5) is 23.1. The van der Waals surface area contributed by atoms with Gasteiger partial charge in [0.25, 0.3) is 5.91 Å². The van der Waals surface area contributed by atoms with E-state index in [2.05, 4.69) is 26.3 Å². The number of hydrogen-bond acceptors (Lipinski definition) is 7. The van der Waals surface area contributed by atoms with Crippen LogP contribution in [0.5, 0.6) is 11.5 Å². The van der Waals surface area contributed by atoms with E-state index in [-0.39, 0.29) is 5.91 Å². The molecule has 2 aromatic rings. The Morgan fingerprint density at radius 2 is 1.86 bits per heavy atom. The molecule has 1 saturated heterocycles. The molecule has 0 radical (unpaired) electrons. The Hall–Kier alpha value is -3.34. The molecule has 8 nitrogen and oxygen atoms in total. The molecule has 1 aromatic carbocycles. The average Bonchev–Trinajstić information content (AvgIpc) is 2.77. The van der Waals surface area contributed by atoms with Gasteiger partial charge in [-0.15, -0.1) is 0 Å². The van der Waals surface area contributed by atoms with E-state index < -0.39 is 0 Å². The molecule has 1 aliphatic rings. The fourth-order valence-corrected chi connectivity index (χ4v) is 3.39. The maximum atomic E-state index is 12.7. The minimum absolute atomic E-state index is 0.211. The van der Waals surface area contributed by atoms with E-state index >= 15 is 0 Å². The maximum Gasteiger partial charge on any atom is 0.258 e. The van der Waals surface area contributed by atoms with Crippen molar-refractivity contribution < 1.29 is 14.3 Å². The first-order valence-corrected chi connectivity index (χ1v) is 9.13. The lowest BCUT2D eigenvalue weighted by molar-refractivity contribution is 0.0938. The van der Waals surface area contributed by atoms with Crippen LogP contribution in [0.15, 0.2) is 30.6 Å². The number of piperidine rings is 1. The number of anilines is 1. The Morgan fingerprint density at radius 1 is 1.21 bits per heavy atom. The first-order valence-electron chi connectivity index (χ1n) is 9.13. The van der Waals surface area contributed by atoms with Crippen LogP contribution in [0.4, 0.5) is 5.82 Å². The molecule has 1 N–H and O–H groups in total. The lowest BCUT2D eigenvalue weighted by Gasteiger charge is -2.33. The van der Waals surface area contributed by atoms with Crippen LogP contribution in [-0.2, 0) is 0 Å². The van der Waals surface area contributed by atoms with Gasteiger partial charge >= 0.3 is 0 Å². The summed E-state index contributed by atoms with van der Waals surface area (Å²) in [5, 5.41) is 12.2. The maximum absolute atomic E-state index is 12.7. The Bertz CT molecular complexity index is 850. The van der Waals surface area contributed by atoms with Gasteiger partial charge in [-0.25, -0.2) is 9.97 Å². The lowest BCUT2D eigenvalue weighted by atomic mass is 9.96. The Labute approximate surface area is 164 Å². The van der Waals surface area contributed by atoms with Gasteiger partial charge in [0.15, 0.2) is 11.5 Å². The van der Waals surface area contributed by atoms with Gasteiger partial charge in [0.2, 0.25) is 0 Å². The summed E-state index contributed by atoms with van der Waals surface area (Å²) in [5.74, 6) is 1.74. The molecule has 0 saturated carbocycles. The number of rotatable bonds is 6. The van der Waals surface area contributed by atoms with Crippen LogP contribution in [0.1, 0.15) is 28.9 Å². The van der Waals surface area contributed by atoms with Crippen LogP contribution in [0.3, 0.4) is 0 Å². The topological polar surface area (TPSA) is 100 Å². The SMILES string of the molecule is COc1cccc(OC)c1C(=O)NCC1CCN(c2nccnc2C#N)CC1. The zero-order chi connectivity index (χ0) is 19.9. The zero-order valence-corrected chi connectivity index (χ0v) is 16.0. The van der Waals surface area contributed by atoms with Crippen molar-refractivity contribution >= 4 is 11.7 Å². The molecule has 0 spiro atoms. The Balaban J connectivity index is 1.58. The highest BCUT2D eigenvalue weighted by Gasteiger charge is 2.24. The number of hydrogen-bond donors (Lipinski definition) is 1. The van der Waals surface area contributed by atoms with Crippen molar-refractivity contribution in [1.82, 2.24) is 15.3 Å². The van der Waals surface area contributed by atoms with Gasteiger partial charge in [-0.1, -0.05) is 6.07 Å². The summed E-state index contributed by atoms with van der Waals surface area (Å²) in [6.45, 7) is 2.11. The van der Waals surface area contributed by atoms with Gasteiger partial charge in [-0.2, -0.15) is 5.26 Å². The fraction of sp³-hybridized carbons (Fsp3) is 0.400. The smallest absolute Gasteiger partial charge is 0.258 e. The second-order valence-corrected chi connectivity index (χ2v) is 6.52. The molecule has 1 amide bonds. The third kappa shape index (κ3) is 4.14. The Kier molecular flexibility index (Phi) is 6.27. The van der Waals surface area contributed by atoms with Crippen molar-refractivity contribution in [2.45, 2.75) is 12.8 Å². The number of methoxy groups -OCH3 is 2. The van der Waals surface area contributed by atoms with E-state index in [4.69, 9.17) is 9.47 Å². The van der Waals surface area contributed by atoms with E-state index in [0.717, 1.165) is 25.9 Å². The molecule has 0 unspecified atom stereocenters. The molecule has 146 valence electrons. The van der Waals surface area contributed by atoms with Gasteiger partial charge < -0.3 is 19.7 Å². The predicted molar refractivity (Wildman–Crippen MR) is 104 cm³/mol. The number of aromatic nitrogens is 2. The van der Waals surface area contributed by atoms with Crippen LogP contribution < -0.4 is 19.7 Å². The molecule has 2 heterocycles. The van der Waals surface area contributed by atoms with E-state index in [1.54, 1.807) is 24.4 Å². The highest BCUT2D eigenvalue weighted by molar-refractivity contribution is 5.99. The van der Waals surface area contributed by atoms with E-state index in [1.807, 2.05) is 0 Å². The Morgan fingerprint density at radius 3 is 2.46 bits per heavy atom. The van der Waals surface area contributed by atoms with Gasteiger partial charge in [0.1, 0.15) is 23.1 Å². The van der Waals surface area contributed by atoms with Gasteiger partial charge in [0, 0.05) is 32.0 Å². The van der Waals surface area contributed by atoms with Crippen molar-refractivity contribution in [2.75, 3.05) is 38.8 Å². The van der Waals surface area contributed by atoms with Crippen LogP contribution in [0, 0.1) is 17.2 Å². The fourth-order valence-electron chi connectivity index (χ4n) is 3.39. The van der Waals surface area contributed by atoms with Crippen molar-refractivity contribution in [2.24, 2.45) is 5.92 Å². The molecule has 1 aromatic heterocycles. The zero-order valence-electron chi connectivity index (χ0n) is 16.0. The number of amides is 1. The minimum Gasteiger partial charge on any atom is -0.496 e. The largest absolute Gasteiger partial charge is 0.496 e. The number of nitrogens with one attached hydrogen (secondary N) is 1. The van der Waals surface area contributed by atoms with E-state index in [1.165, 1.54) is 20.4 Å². The summed E-state index contributed by atoms with van der Waals surface area (Å²) in [6.07, 6.45) is 4.91. The molecule has 1 fully saturated rings. The van der Waals surface area contributed by atoms with Crippen molar-refractivity contribution in [3.8, 4) is 17.6 Å². The number of nitrogens with zero attached hydrogens (tertiary/aromatic N) is 4. The average molecular weight is 381 g/mol. The highest BCUT2D eigenvalue weighted by Crippen LogP contribution is 2.28. The highest BCUT2D eigenvalue weighted by atomic mass is 16.5. The normalized spacial score (nSPS) is 14.2. The second kappa shape index (κ2) is 9.04. The minimum atomic E-state index is -0.211. The van der Waals surface area contributed by atoms with Gasteiger partial charge in [-0.05, 0) is 30.9 Å². The van der Waals surface area contributed by atoms with Crippen LogP contribution in [-0.4, -0.2) is 49.7 Å². The van der Waals surface area contributed by atoms with Crippen molar-refractivity contribution in [1.29, 1.82) is 5.26 Å². The van der Waals surface area contributed by atoms with Gasteiger partial charge in [0.05, 0.1) is 14.2 Å². The van der Waals surface area contributed by atoms with E-state index in [0.29, 0.717) is 41.0 Å². The lowest BCUT2D eigenvalue weighted by Crippen LogP contribution is -2.39. The summed E-state index contributed by atoms with van der Waals surface area (Å²) >= 11 is 0. The molecule has 28 heavy (non-hydrogen) atoms. The first-order chi connectivity index (χ1) is 13.7. The van der Waals surface area contributed by atoms with Crippen LogP contribution in [0.25, 0.3) is 0 Å². The third-order valence-electron chi connectivity index (χ3n) is 4.91. The monoisotopic (exact) mass is 381 g/mol. The van der Waals surface area contributed by atoms with E-state index in [9.17, 15) is 10.1 Å². The molecule has 0 aliphatic carbocycles. The summed E-state index contributed by atoms with van der Waals surface area (Å²) in [7, 11) is 3.06. The molecule has 0 bridgehead atoms. The molecule has 3 rings (SSSR count). The summed E-state index contributed by atoms with van der Waals surface area (Å²) in [6, 6.07) is 7.35. The second-order valence-electron chi connectivity index (χ2n) is 6.52. The number of ether oxygens (including phenoxy) is 2. The standard InChI is InChI=1S/C20H23N5O3/c1-27-16-4-3-5-17(28-2)18(16)20(26)24-13-14-6-10-25(11-7-14)19-15(12-21)22-8-9-23-19/h3-5,8-9,14H,6-7,10-11,13H2,1-2H3,(H,24,26).